The molecular formula is C21H28N3O2S+. The van der Waals surface area contributed by atoms with E-state index in [0.717, 1.165) is 19.5 Å². The van der Waals surface area contributed by atoms with Crippen molar-refractivity contribution in [1.82, 2.24) is 10.6 Å². The molecule has 3 rings (SSSR count). The number of thiophene rings is 1. The number of amides is 2. The Labute approximate surface area is 164 Å². The van der Waals surface area contributed by atoms with E-state index < -0.39 is 11.8 Å². The summed E-state index contributed by atoms with van der Waals surface area (Å²) >= 11 is 1.71. The van der Waals surface area contributed by atoms with E-state index in [0.29, 0.717) is 19.0 Å². The molecule has 27 heavy (non-hydrogen) atoms. The molecule has 1 aromatic heterocycles. The van der Waals surface area contributed by atoms with Crippen molar-refractivity contribution in [2.24, 2.45) is 5.92 Å². The third-order valence-corrected chi connectivity index (χ3v) is 5.96. The van der Waals surface area contributed by atoms with Crippen LogP contribution in [-0.2, 0) is 22.6 Å². The summed E-state index contributed by atoms with van der Waals surface area (Å²) in [5.41, 5.74) is 2.80. The maximum atomic E-state index is 12.2. The van der Waals surface area contributed by atoms with E-state index in [-0.39, 0.29) is 6.04 Å². The lowest BCUT2D eigenvalue weighted by molar-refractivity contribution is -0.945. The molecule has 0 spiro atoms. The van der Waals surface area contributed by atoms with Crippen molar-refractivity contribution in [2.45, 2.75) is 32.9 Å². The predicted octanol–water partition coefficient (Wildman–Crippen LogP) is 1.32. The average molecular weight is 387 g/mol. The summed E-state index contributed by atoms with van der Waals surface area (Å²) in [7, 11) is 0. The van der Waals surface area contributed by atoms with Crippen LogP contribution in [0.25, 0.3) is 0 Å². The monoisotopic (exact) mass is 386 g/mol. The molecule has 1 aliphatic rings. The van der Waals surface area contributed by atoms with Gasteiger partial charge in [-0.05, 0) is 22.9 Å². The van der Waals surface area contributed by atoms with Gasteiger partial charge in [-0.15, -0.1) is 11.3 Å². The van der Waals surface area contributed by atoms with Crippen LogP contribution in [-0.4, -0.2) is 31.4 Å². The first-order chi connectivity index (χ1) is 13.0. The molecule has 0 saturated heterocycles. The molecule has 144 valence electrons. The summed E-state index contributed by atoms with van der Waals surface area (Å²) in [5, 5.41) is 7.59. The van der Waals surface area contributed by atoms with Gasteiger partial charge in [0, 0.05) is 18.5 Å². The van der Waals surface area contributed by atoms with E-state index in [1.54, 1.807) is 11.3 Å². The highest BCUT2D eigenvalue weighted by molar-refractivity contribution is 7.10. The van der Waals surface area contributed by atoms with Crippen LogP contribution in [0, 0.1) is 5.92 Å². The second-order valence-corrected chi connectivity index (χ2v) is 8.46. The second-order valence-electron chi connectivity index (χ2n) is 7.49. The van der Waals surface area contributed by atoms with Crippen LogP contribution in [0.15, 0.2) is 41.8 Å². The fourth-order valence-electron chi connectivity index (χ4n) is 3.49. The molecule has 2 amide bonds. The highest BCUT2D eigenvalue weighted by Crippen LogP contribution is 2.19. The Bertz CT molecular complexity index is 773. The van der Waals surface area contributed by atoms with E-state index in [2.05, 4.69) is 46.3 Å². The van der Waals surface area contributed by atoms with Crippen molar-refractivity contribution in [3.05, 3.63) is 57.8 Å². The topological polar surface area (TPSA) is 62.6 Å². The Hall–Kier alpha value is -2.18. The van der Waals surface area contributed by atoms with Crippen LogP contribution >= 0.6 is 11.3 Å². The van der Waals surface area contributed by atoms with Gasteiger partial charge in [-0.1, -0.05) is 44.2 Å². The number of quaternary nitrogens is 1. The average Bonchev–Trinajstić information content (AvgIpc) is 3.20. The van der Waals surface area contributed by atoms with Crippen LogP contribution in [0.1, 0.15) is 35.9 Å². The summed E-state index contributed by atoms with van der Waals surface area (Å²) in [6.45, 7) is 6.94. The Balaban J connectivity index is 1.65. The summed E-state index contributed by atoms with van der Waals surface area (Å²) < 4.78 is 0. The molecule has 0 radical (unpaired) electrons. The van der Waals surface area contributed by atoms with Gasteiger partial charge in [0.05, 0.1) is 18.0 Å². The van der Waals surface area contributed by atoms with Gasteiger partial charge in [0.15, 0.2) is 0 Å². The highest BCUT2D eigenvalue weighted by atomic mass is 32.1. The van der Waals surface area contributed by atoms with Crippen molar-refractivity contribution in [2.75, 3.05) is 19.6 Å². The van der Waals surface area contributed by atoms with Gasteiger partial charge in [-0.3, -0.25) is 9.59 Å². The molecule has 1 aliphatic heterocycles. The molecule has 0 fully saturated rings. The van der Waals surface area contributed by atoms with Crippen LogP contribution in [0.2, 0.25) is 0 Å². The Kier molecular flexibility index (Phi) is 6.63. The zero-order valence-electron chi connectivity index (χ0n) is 16.0. The summed E-state index contributed by atoms with van der Waals surface area (Å²) in [6, 6.07) is 12.9. The molecule has 0 bridgehead atoms. The smallest absolute Gasteiger partial charge is 0.309 e. The quantitative estimate of drug-likeness (QED) is 0.656. The molecular weight excluding hydrogens is 358 g/mol. The third-order valence-electron chi connectivity index (χ3n) is 4.97. The molecule has 2 atom stereocenters. The number of benzene rings is 1. The normalized spacial score (nSPS) is 17.2. The van der Waals surface area contributed by atoms with Gasteiger partial charge in [-0.2, -0.15) is 0 Å². The molecule has 2 heterocycles. The van der Waals surface area contributed by atoms with Gasteiger partial charge < -0.3 is 15.5 Å². The summed E-state index contributed by atoms with van der Waals surface area (Å²) in [4.78, 5) is 26.8. The largest absolute Gasteiger partial charge is 0.348 e. The van der Waals surface area contributed by atoms with E-state index in [4.69, 9.17) is 0 Å². The third kappa shape index (κ3) is 5.17. The molecule has 0 saturated carbocycles. The lowest BCUT2D eigenvalue weighted by Gasteiger charge is -2.32. The maximum absolute atomic E-state index is 12.2. The Morgan fingerprint density at radius 2 is 1.74 bits per heavy atom. The number of hydrogen-bond acceptors (Lipinski definition) is 3. The van der Waals surface area contributed by atoms with Gasteiger partial charge in [0.1, 0.15) is 12.6 Å². The van der Waals surface area contributed by atoms with Crippen LogP contribution in [0.3, 0.4) is 0 Å². The van der Waals surface area contributed by atoms with Crippen LogP contribution in [0.5, 0.6) is 0 Å². The van der Waals surface area contributed by atoms with Crippen molar-refractivity contribution >= 4 is 23.2 Å². The molecule has 1 aromatic carbocycles. The summed E-state index contributed by atoms with van der Waals surface area (Å²) in [5.74, 6) is -0.778. The lowest BCUT2D eigenvalue weighted by atomic mass is 9.98. The predicted molar refractivity (Wildman–Crippen MR) is 108 cm³/mol. The lowest BCUT2D eigenvalue weighted by Crippen LogP contribution is -3.12. The second kappa shape index (κ2) is 9.15. The number of fused-ring (bicyclic) bond motifs is 1. The standard InChI is InChI=1S/C21H27N3O2S/c1-15(2)12-22-20(25)21(26)23-13-18(19-8-5-11-27-19)24-10-9-16-6-3-4-7-17(16)14-24/h3-8,11,15,18H,9-10,12-14H2,1-2H3,(H,22,25)(H,23,26)/p+1/t18-/m0/s1. The number of rotatable bonds is 6. The molecule has 1 unspecified atom stereocenters. The zero-order chi connectivity index (χ0) is 19.2. The first-order valence-electron chi connectivity index (χ1n) is 9.55. The number of carbonyl (C=O) groups excluding carboxylic acids is 2. The van der Waals surface area contributed by atoms with Crippen LogP contribution in [0.4, 0.5) is 0 Å². The number of hydrogen-bond donors (Lipinski definition) is 3. The minimum Gasteiger partial charge on any atom is -0.348 e. The molecule has 3 N–H and O–H groups in total. The SMILES string of the molecule is CC(C)CNC(=O)C(=O)NC[C@@H](c1cccs1)[NH+]1CCc2ccccc2C1. The molecule has 5 nitrogen and oxygen atoms in total. The summed E-state index contributed by atoms with van der Waals surface area (Å²) in [6.07, 6.45) is 1.04. The van der Waals surface area contributed by atoms with Crippen LogP contribution < -0.4 is 15.5 Å². The van der Waals surface area contributed by atoms with E-state index in [1.165, 1.54) is 20.9 Å². The number of nitrogens with one attached hydrogen (secondary N) is 3. The zero-order valence-corrected chi connectivity index (χ0v) is 16.8. The fraction of sp³-hybridized carbons (Fsp3) is 0.429. The van der Waals surface area contributed by atoms with E-state index >= 15 is 0 Å². The molecule has 2 aromatic rings. The van der Waals surface area contributed by atoms with Crippen molar-refractivity contribution < 1.29 is 14.5 Å². The minimum atomic E-state index is -0.549. The Morgan fingerprint density at radius 1 is 1.04 bits per heavy atom. The molecule has 6 heteroatoms. The first kappa shape index (κ1) is 19.6. The number of carbonyl (C=O) groups is 2. The highest BCUT2D eigenvalue weighted by Gasteiger charge is 2.30. The van der Waals surface area contributed by atoms with Crippen molar-refractivity contribution in [3.63, 3.8) is 0 Å². The van der Waals surface area contributed by atoms with Crippen molar-refractivity contribution in [1.29, 1.82) is 0 Å². The minimum absolute atomic E-state index is 0.153. The Morgan fingerprint density at radius 3 is 2.41 bits per heavy atom. The van der Waals surface area contributed by atoms with Gasteiger partial charge >= 0.3 is 11.8 Å². The molecule has 0 aliphatic carbocycles. The van der Waals surface area contributed by atoms with Gasteiger partial charge in [-0.25, -0.2) is 0 Å². The fourth-order valence-corrected chi connectivity index (χ4v) is 4.37. The van der Waals surface area contributed by atoms with Gasteiger partial charge in [0.2, 0.25) is 0 Å². The van der Waals surface area contributed by atoms with Crippen molar-refractivity contribution in [3.8, 4) is 0 Å². The first-order valence-corrected chi connectivity index (χ1v) is 10.4. The maximum Gasteiger partial charge on any atom is 0.309 e. The van der Waals surface area contributed by atoms with E-state index in [9.17, 15) is 9.59 Å². The van der Waals surface area contributed by atoms with Gasteiger partial charge in [0.25, 0.3) is 0 Å². The van der Waals surface area contributed by atoms with E-state index in [1.807, 2.05) is 19.9 Å².